The third-order valence-electron chi connectivity index (χ3n) is 3.96. The number of carbonyl (C=O) groups excluding carboxylic acids is 1. The molecule has 2 rings (SSSR count). The van der Waals surface area contributed by atoms with Gasteiger partial charge in [-0.05, 0) is 26.0 Å². The Morgan fingerprint density at radius 3 is 3.05 bits per heavy atom. The maximum atomic E-state index is 12.4. The van der Waals surface area contributed by atoms with Crippen LogP contribution in [0.25, 0.3) is 0 Å². The summed E-state index contributed by atoms with van der Waals surface area (Å²) < 4.78 is 10.6. The van der Waals surface area contributed by atoms with Crippen molar-refractivity contribution in [2.45, 2.75) is 18.8 Å². The summed E-state index contributed by atoms with van der Waals surface area (Å²) in [6, 6.07) is 7.80. The molecule has 1 aromatic rings. The van der Waals surface area contributed by atoms with E-state index in [1.807, 2.05) is 24.3 Å². The van der Waals surface area contributed by atoms with Gasteiger partial charge in [-0.1, -0.05) is 18.2 Å². The standard InChI is InChI=1S/C17H26N2O3/c1-19(10-5-12-21-2)11-9-18-17(20)15-8-13-22-16-7-4-3-6-14(15)16/h3-4,6-7,15H,5,8-13H2,1-2H3,(H,18,20). The molecule has 5 heteroatoms. The van der Waals surface area contributed by atoms with Gasteiger partial charge in [0, 0.05) is 38.9 Å². The van der Waals surface area contributed by atoms with Gasteiger partial charge in [0.25, 0.3) is 0 Å². The zero-order valence-corrected chi connectivity index (χ0v) is 13.5. The van der Waals surface area contributed by atoms with Crippen LogP contribution in [-0.4, -0.2) is 57.8 Å². The summed E-state index contributed by atoms with van der Waals surface area (Å²) in [4.78, 5) is 14.6. The molecule has 0 radical (unpaired) electrons. The molecule has 1 unspecified atom stereocenters. The number of fused-ring (bicyclic) bond motifs is 1. The van der Waals surface area contributed by atoms with Gasteiger partial charge >= 0.3 is 0 Å². The molecule has 0 spiro atoms. The molecule has 1 N–H and O–H groups in total. The number of nitrogens with zero attached hydrogens (tertiary/aromatic N) is 1. The Hall–Kier alpha value is -1.59. The van der Waals surface area contributed by atoms with Crippen molar-refractivity contribution < 1.29 is 14.3 Å². The number of hydrogen-bond acceptors (Lipinski definition) is 4. The summed E-state index contributed by atoms with van der Waals surface area (Å²) in [6.07, 6.45) is 1.75. The number of hydrogen-bond donors (Lipinski definition) is 1. The number of benzene rings is 1. The first-order chi connectivity index (χ1) is 10.7. The van der Waals surface area contributed by atoms with Crippen LogP contribution in [0, 0.1) is 0 Å². The van der Waals surface area contributed by atoms with Crippen molar-refractivity contribution in [3.8, 4) is 5.75 Å². The molecule has 1 aliphatic rings. The van der Waals surface area contributed by atoms with Crippen LogP contribution in [-0.2, 0) is 9.53 Å². The van der Waals surface area contributed by atoms with E-state index < -0.39 is 0 Å². The smallest absolute Gasteiger partial charge is 0.227 e. The summed E-state index contributed by atoms with van der Waals surface area (Å²) in [7, 11) is 3.78. The molecule has 0 bridgehead atoms. The fourth-order valence-electron chi connectivity index (χ4n) is 2.70. The predicted molar refractivity (Wildman–Crippen MR) is 86.3 cm³/mol. The highest BCUT2D eigenvalue weighted by Gasteiger charge is 2.26. The molecule has 1 amide bonds. The number of nitrogens with one attached hydrogen (secondary N) is 1. The maximum Gasteiger partial charge on any atom is 0.227 e. The predicted octanol–water partition coefficient (Wildman–Crippen LogP) is 1.64. The van der Waals surface area contributed by atoms with E-state index >= 15 is 0 Å². The van der Waals surface area contributed by atoms with Crippen molar-refractivity contribution in [3.63, 3.8) is 0 Å². The van der Waals surface area contributed by atoms with Gasteiger partial charge in [0.15, 0.2) is 0 Å². The second-order valence-electron chi connectivity index (χ2n) is 5.67. The van der Waals surface area contributed by atoms with Gasteiger partial charge in [-0.15, -0.1) is 0 Å². The fraction of sp³-hybridized carbons (Fsp3) is 0.588. The van der Waals surface area contributed by atoms with Crippen molar-refractivity contribution >= 4 is 5.91 Å². The molecule has 0 aliphatic carbocycles. The lowest BCUT2D eigenvalue weighted by molar-refractivity contribution is -0.123. The molecule has 0 aromatic heterocycles. The number of methoxy groups -OCH3 is 1. The van der Waals surface area contributed by atoms with E-state index in [2.05, 4.69) is 17.3 Å². The van der Waals surface area contributed by atoms with Crippen LogP contribution in [0.15, 0.2) is 24.3 Å². The maximum absolute atomic E-state index is 12.4. The Kier molecular flexibility index (Phi) is 6.68. The van der Waals surface area contributed by atoms with E-state index in [0.717, 1.165) is 43.9 Å². The Labute approximate surface area is 132 Å². The molecule has 1 heterocycles. The van der Waals surface area contributed by atoms with E-state index in [0.29, 0.717) is 13.2 Å². The van der Waals surface area contributed by atoms with Gasteiger partial charge in [-0.3, -0.25) is 4.79 Å². The van der Waals surface area contributed by atoms with Crippen LogP contribution in [0.4, 0.5) is 0 Å². The van der Waals surface area contributed by atoms with Gasteiger partial charge in [0.1, 0.15) is 5.75 Å². The number of para-hydroxylation sites is 1. The van der Waals surface area contributed by atoms with Gasteiger partial charge in [-0.25, -0.2) is 0 Å². The van der Waals surface area contributed by atoms with Crippen LogP contribution < -0.4 is 10.1 Å². The summed E-state index contributed by atoms with van der Waals surface area (Å²) in [5.41, 5.74) is 1.000. The van der Waals surface area contributed by atoms with E-state index in [9.17, 15) is 4.79 Å². The molecule has 5 nitrogen and oxygen atoms in total. The third-order valence-corrected chi connectivity index (χ3v) is 3.96. The molecule has 1 aliphatic heterocycles. The highest BCUT2D eigenvalue weighted by atomic mass is 16.5. The monoisotopic (exact) mass is 306 g/mol. The van der Waals surface area contributed by atoms with Crippen LogP contribution in [0.2, 0.25) is 0 Å². The number of carbonyl (C=O) groups is 1. The normalized spacial score (nSPS) is 17.0. The third kappa shape index (κ3) is 4.71. The van der Waals surface area contributed by atoms with Crippen LogP contribution >= 0.6 is 0 Å². The molecule has 0 fully saturated rings. The molecular formula is C17H26N2O3. The van der Waals surface area contributed by atoms with Gasteiger partial charge in [0.05, 0.1) is 12.5 Å². The summed E-state index contributed by atoms with van der Waals surface area (Å²) in [6.45, 7) is 3.87. The number of likely N-dealkylation sites (N-methyl/N-ethyl adjacent to an activating group) is 1. The lowest BCUT2D eigenvalue weighted by Gasteiger charge is -2.25. The number of rotatable bonds is 8. The molecule has 0 saturated heterocycles. The minimum Gasteiger partial charge on any atom is -0.493 e. The Morgan fingerprint density at radius 1 is 1.41 bits per heavy atom. The molecule has 0 saturated carbocycles. The topological polar surface area (TPSA) is 50.8 Å². The Bertz CT molecular complexity index is 479. The second-order valence-corrected chi connectivity index (χ2v) is 5.67. The first-order valence-corrected chi connectivity index (χ1v) is 7.89. The minimum absolute atomic E-state index is 0.0938. The van der Waals surface area contributed by atoms with Crippen LogP contribution in [0.5, 0.6) is 5.75 Å². The minimum atomic E-state index is -0.0938. The highest BCUT2D eigenvalue weighted by Crippen LogP contribution is 2.33. The lowest BCUT2D eigenvalue weighted by atomic mass is 9.92. The van der Waals surface area contributed by atoms with E-state index in [4.69, 9.17) is 9.47 Å². The SMILES string of the molecule is COCCCN(C)CCNC(=O)C1CCOc2ccccc21. The average Bonchev–Trinajstić information content (AvgIpc) is 2.54. The zero-order chi connectivity index (χ0) is 15.8. The number of ether oxygens (including phenoxy) is 2. The van der Waals surface area contributed by atoms with E-state index in [-0.39, 0.29) is 11.8 Å². The molecule has 22 heavy (non-hydrogen) atoms. The van der Waals surface area contributed by atoms with Crippen molar-refractivity contribution in [1.29, 1.82) is 0 Å². The van der Waals surface area contributed by atoms with Crippen LogP contribution in [0.1, 0.15) is 24.3 Å². The van der Waals surface area contributed by atoms with Gasteiger partial charge in [0.2, 0.25) is 5.91 Å². The molecule has 1 aromatic carbocycles. The largest absolute Gasteiger partial charge is 0.493 e. The number of amides is 1. The van der Waals surface area contributed by atoms with Crippen molar-refractivity contribution in [2.24, 2.45) is 0 Å². The van der Waals surface area contributed by atoms with E-state index in [1.165, 1.54) is 0 Å². The first kappa shape index (κ1) is 16.8. The first-order valence-electron chi connectivity index (χ1n) is 7.89. The summed E-state index contributed by atoms with van der Waals surface area (Å²) in [5.74, 6) is 0.843. The van der Waals surface area contributed by atoms with Crippen molar-refractivity contribution in [3.05, 3.63) is 29.8 Å². The lowest BCUT2D eigenvalue weighted by Crippen LogP contribution is -2.37. The fourth-order valence-corrected chi connectivity index (χ4v) is 2.70. The average molecular weight is 306 g/mol. The molecule has 1 atom stereocenters. The van der Waals surface area contributed by atoms with Crippen LogP contribution in [0.3, 0.4) is 0 Å². The Balaban J connectivity index is 1.76. The molecule has 122 valence electrons. The van der Waals surface area contributed by atoms with Gasteiger partial charge < -0.3 is 19.7 Å². The molecular weight excluding hydrogens is 280 g/mol. The van der Waals surface area contributed by atoms with Crippen molar-refractivity contribution in [1.82, 2.24) is 10.2 Å². The Morgan fingerprint density at radius 2 is 2.23 bits per heavy atom. The highest BCUT2D eigenvalue weighted by molar-refractivity contribution is 5.84. The van der Waals surface area contributed by atoms with Crippen molar-refractivity contribution in [2.75, 3.05) is 47.0 Å². The quantitative estimate of drug-likeness (QED) is 0.742. The summed E-state index contributed by atoms with van der Waals surface area (Å²) >= 11 is 0. The zero-order valence-electron chi connectivity index (χ0n) is 13.5. The second kappa shape index (κ2) is 8.76. The van der Waals surface area contributed by atoms with Gasteiger partial charge in [-0.2, -0.15) is 0 Å². The summed E-state index contributed by atoms with van der Waals surface area (Å²) in [5, 5.41) is 3.05. The van der Waals surface area contributed by atoms with E-state index in [1.54, 1.807) is 7.11 Å².